The second-order valence-electron chi connectivity index (χ2n) is 5.15. The molecule has 1 saturated carbocycles. The van der Waals surface area contributed by atoms with Crippen LogP contribution in [0.25, 0.3) is 0 Å². The molecule has 1 aliphatic rings. The quantitative estimate of drug-likeness (QED) is 0.544. The molecule has 0 aromatic heterocycles. The highest BCUT2D eigenvalue weighted by Crippen LogP contribution is 2.33. The van der Waals surface area contributed by atoms with E-state index in [1.807, 2.05) is 0 Å². The molecule has 2 N–H and O–H groups in total. The third kappa shape index (κ3) is 8.88. The van der Waals surface area contributed by atoms with Crippen molar-refractivity contribution in [1.29, 1.82) is 0 Å². The lowest BCUT2D eigenvalue weighted by molar-refractivity contribution is 0.531. The maximum absolute atomic E-state index is 3.53. The van der Waals surface area contributed by atoms with E-state index in [-0.39, 0.29) is 0 Å². The van der Waals surface area contributed by atoms with E-state index in [4.69, 9.17) is 0 Å². The zero-order chi connectivity index (χ0) is 10.9. The zero-order valence-electron chi connectivity index (χ0n) is 10.5. The lowest BCUT2D eigenvalue weighted by Crippen LogP contribution is -2.24. The van der Waals surface area contributed by atoms with Crippen molar-refractivity contribution in [2.24, 2.45) is 5.92 Å². The lowest BCUT2D eigenvalue weighted by atomic mass is 10.2. The summed E-state index contributed by atoms with van der Waals surface area (Å²) in [5, 5.41) is 6.97. The van der Waals surface area contributed by atoms with E-state index in [0.717, 1.165) is 5.92 Å². The molecule has 2 nitrogen and oxygen atoms in total. The molecule has 15 heavy (non-hydrogen) atoms. The fourth-order valence-electron chi connectivity index (χ4n) is 1.81. The number of hydrogen-bond acceptors (Lipinski definition) is 2. The first-order valence-electron chi connectivity index (χ1n) is 6.73. The minimum atomic E-state index is 0.636. The molecule has 0 heterocycles. The fraction of sp³-hybridized carbons (Fsp3) is 1.00. The Labute approximate surface area is 95.2 Å². The summed E-state index contributed by atoms with van der Waals surface area (Å²) in [4.78, 5) is 0. The van der Waals surface area contributed by atoms with Crippen LogP contribution in [0.3, 0.4) is 0 Å². The van der Waals surface area contributed by atoms with Gasteiger partial charge in [-0.2, -0.15) is 0 Å². The van der Waals surface area contributed by atoms with Gasteiger partial charge in [0.2, 0.25) is 0 Å². The van der Waals surface area contributed by atoms with E-state index in [1.165, 1.54) is 58.2 Å². The number of nitrogens with one attached hydrogen (secondary N) is 2. The maximum atomic E-state index is 3.53. The van der Waals surface area contributed by atoms with Crippen molar-refractivity contribution in [3.63, 3.8) is 0 Å². The topological polar surface area (TPSA) is 24.1 Å². The van der Waals surface area contributed by atoms with Crippen LogP contribution in [0.1, 0.15) is 52.4 Å². The molecule has 0 bridgehead atoms. The minimum Gasteiger partial charge on any atom is -0.317 e. The van der Waals surface area contributed by atoms with Crippen LogP contribution < -0.4 is 10.6 Å². The Kier molecular flexibility index (Phi) is 7.03. The number of hydrogen-bond donors (Lipinski definition) is 2. The summed E-state index contributed by atoms with van der Waals surface area (Å²) in [6.45, 7) is 8.01. The largest absolute Gasteiger partial charge is 0.317 e. The normalized spacial score (nSPS) is 16.2. The Morgan fingerprint density at radius 1 is 1.00 bits per heavy atom. The van der Waals surface area contributed by atoms with Gasteiger partial charge in [0, 0.05) is 6.04 Å². The van der Waals surface area contributed by atoms with Crippen molar-refractivity contribution < 1.29 is 0 Å². The molecule has 0 amide bonds. The van der Waals surface area contributed by atoms with Crippen LogP contribution in [0.4, 0.5) is 0 Å². The highest BCUT2D eigenvalue weighted by Gasteiger charge is 2.19. The van der Waals surface area contributed by atoms with E-state index >= 15 is 0 Å². The summed E-state index contributed by atoms with van der Waals surface area (Å²) >= 11 is 0. The van der Waals surface area contributed by atoms with Crippen molar-refractivity contribution in [2.45, 2.75) is 58.4 Å². The smallest absolute Gasteiger partial charge is 0.00103 e. The summed E-state index contributed by atoms with van der Waals surface area (Å²) in [6, 6.07) is 0.636. The molecule has 0 radical (unpaired) electrons. The van der Waals surface area contributed by atoms with E-state index in [1.54, 1.807) is 0 Å². The molecule has 0 aromatic rings. The van der Waals surface area contributed by atoms with Crippen molar-refractivity contribution >= 4 is 0 Å². The van der Waals surface area contributed by atoms with Crippen LogP contribution in [0.5, 0.6) is 0 Å². The van der Waals surface area contributed by atoms with E-state index < -0.39 is 0 Å². The van der Waals surface area contributed by atoms with E-state index in [9.17, 15) is 0 Å². The Morgan fingerprint density at radius 3 is 2.33 bits per heavy atom. The maximum Gasteiger partial charge on any atom is 0.00103 e. The van der Waals surface area contributed by atoms with Gasteiger partial charge in [0.1, 0.15) is 0 Å². The molecule has 0 aliphatic heterocycles. The molecule has 2 heteroatoms. The van der Waals surface area contributed by atoms with Crippen molar-refractivity contribution in [3.8, 4) is 0 Å². The van der Waals surface area contributed by atoms with Crippen LogP contribution in [0.2, 0.25) is 0 Å². The molecular weight excluding hydrogens is 184 g/mol. The summed E-state index contributed by atoms with van der Waals surface area (Å²) in [6.07, 6.45) is 8.45. The van der Waals surface area contributed by atoms with Gasteiger partial charge in [0.05, 0.1) is 0 Å². The summed E-state index contributed by atoms with van der Waals surface area (Å²) in [5.74, 6) is 1.10. The summed E-state index contributed by atoms with van der Waals surface area (Å²) in [7, 11) is 0. The second-order valence-corrected chi connectivity index (χ2v) is 5.15. The Balaban J connectivity index is 1.65. The predicted octanol–water partition coefficient (Wildman–Crippen LogP) is 2.54. The Bertz CT molecular complexity index is 133. The third-order valence-corrected chi connectivity index (χ3v) is 3.00. The van der Waals surface area contributed by atoms with Gasteiger partial charge in [0.25, 0.3) is 0 Å². The second kappa shape index (κ2) is 8.12. The SMILES string of the molecule is CC(C)NCCCCNCCCC1CC1. The average Bonchev–Trinajstić information content (AvgIpc) is 2.98. The molecule has 1 fully saturated rings. The van der Waals surface area contributed by atoms with Crippen molar-refractivity contribution in [2.75, 3.05) is 19.6 Å². The molecule has 0 saturated heterocycles. The van der Waals surface area contributed by atoms with Crippen LogP contribution in [-0.4, -0.2) is 25.7 Å². The highest BCUT2D eigenvalue weighted by molar-refractivity contribution is 4.72. The molecule has 1 aliphatic carbocycles. The molecule has 0 aromatic carbocycles. The monoisotopic (exact) mass is 212 g/mol. The lowest BCUT2D eigenvalue weighted by Gasteiger charge is -2.08. The zero-order valence-corrected chi connectivity index (χ0v) is 10.5. The summed E-state index contributed by atoms with van der Waals surface area (Å²) in [5.41, 5.74) is 0. The average molecular weight is 212 g/mol. The number of unbranched alkanes of at least 4 members (excludes halogenated alkanes) is 1. The standard InChI is InChI=1S/C13H28N2/c1-12(2)15-11-4-3-9-14-10-5-6-13-7-8-13/h12-15H,3-11H2,1-2H3. The Morgan fingerprint density at radius 2 is 1.67 bits per heavy atom. The van der Waals surface area contributed by atoms with E-state index in [0.29, 0.717) is 6.04 Å². The van der Waals surface area contributed by atoms with Crippen LogP contribution in [-0.2, 0) is 0 Å². The van der Waals surface area contributed by atoms with Crippen molar-refractivity contribution in [3.05, 3.63) is 0 Å². The van der Waals surface area contributed by atoms with Crippen molar-refractivity contribution in [1.82, 2.24) is 10.6 Å². The van der Waals surface area contributed by atoms with Gasteiger partial charge in [-0.05, 0) is 51.2 Å². The Hall–Kier alpha value is -0.0800. The van der Waals surface area contributed by atoms with Crippen LogP contribution >= 0.6 is 0 Å². The van der Waals surface area contributed by atoms with Gasteiger partial charge in [-0.3, -0.25) is 0 Å². The first kappa shape index (κ1) is 13.0. The third-order valence-electron chi connectivity index (χ3n) is 3.00. The van der Waals surface area contributed by atoms with Gasteiger partial charge >= 0.3 is 0 Å². The molecular formula is C13H28N2. The number of rotatable bonds is 10. The molecule has 0 unspecified atom stereocenters. The minimum absolute atomic E-state index is 0.636. The highest BCUT2D eigenvalue weighted by atomic mass is 14.9. The summed E-state index contributed by atoms with van der Waals surface area (Å²) < 4.78 is 0. The van der Waals surface area contributed by atoms with Gasteiger partial charge in [-0.1, -0.05) is 26.7 Å². The molecule has 1 rings (SSSR count). The van der Waals surface area contributed by atoms with Gasteiger partial charge in [0.15, 0.2) is 0 Å². The van der Waals surface area contributed by atoms with Gasteiger partial charge in [-0.25, -0.2) is 0 Å². The van der Waals surface area contributed by atoms with Gasteiger partial charge < -0.3 is 10.6 Å². The molecule has 90 valence electrons. The predicted molar refractivity (Wildman–Crippen MR) is 67.2 cm³/mol. The van der Waals surface area contributed by atoms with Crippen LogP contribution in [0.15, 0.2) is 0 Å². The first-order valence-corrected chi connectivity index (χ1v) is 6.73. The van der Waals surface area contributed by atoms with E-state index in [2.05, 4.69) is 24.5 Å². The van der Waals surface area contributed by atoms with Crippen LogP contribution in [0, 0.1) is 5.92 Å². The fourth-order valence-corrected chi connectivity index (χ4v) is 1.81. The first-order chi connectivity index (χ1) is 7.29. The van der Waals surface area contributed by atoms with Gasteiger partial charge in [-0.15, -0.1) is 0 Å². The molecule has 0 atom stereocenters. The molecule has 0 spiro atoms.